The number of hydrogen-bond donors (Lipinski definition) is 2. The van der Waals surface area contributed by atoms with Crippen molar-refractivity contribution in [3.63, 3.8) is 0 Å². The Kier molecular flexibility index (Phi) is 2.15. The molecule has 0 atom stereocenters. The van der Waals surface area contributed by atoms with Gasteiger partial charge < -0.3 is 15.4 Å². The number of anilines is 1. The Morgan fingerprint density at radius 3 is 2.93 bits per heavy atom. The van der Waals surface area contributed by atoms with Gasteiger partial charge in [-0.2, -0.15) is 0 Å². The minimum Gasteiger partial charge on any atom is -0.476 e. The Bertz CT molecular complexity index is 370. The van der Waals surface area contributed by atoms with Crippen LogP contribution in [0.3, 0.4) is 0 Å². The first-order valence-electron chi connectivity index (χ1n) is 4.78. The molecule has 1 aliphatic heterocycles. The maximum absolute atomic E-state index is 10.8. The third-order valence-corrected chi connectivity index (χ3v) is 2.57. The molecule has 2 heterocycles. The van der Waals surface area contributed by atoms with Gasteiger partial charge in [0.1, 0.15) is 11.6 Å². The van der Waals surface area contributed by atoms with Crippen LogP contribution in [-0.2, 0) is 13.0 Å². The molecule has 0 unspecified atom stereocenters. The highest BCUT2D eigenvalue weighted by molar-refractivity contribution is 5.90. The third-order valence-electron chi connectivity index (χ3n) is 2.57. The second-order valence-corrected chi connectivity index (χ2v) is 3.53. The summed E-state index contributed by atoms with van der Waals surface area (Å²) in [4.78, 5) is 14.8. The first-order chi connectivity index (χ1) is 6.70. The third kappa shape index (κ3) is 1.34. The predicted molar refractivity (Wildman–Crippen MR) is 51.2 cm³/mol. The van der Waals surface area contributed by atoms with Crippen LogP contribution in [0.25, 0.3) is 0 Å². The quantitative estimate of drug-likeness (QED) is 0.697. The Labute approximate surface area is 81.5 Å². The molecule has 0 aliphatic carbocycles. The molecule has 0 fully saturated rings. The molecule has 0 radical (unpaired) electrons. The molecule has 5 nitrogen and oxygen atoms in total. The van der Waals surface area contributed by atoms with E-state index in [1.165, 1.54) is 0 Å². The molecule has 2 rings (SSSR count). The summed E-state index contributed by atoms with van der Waals surface area (Å²) in [5, 5.41) is 8.83. The molecule has 3 N–H and O–H groups in total. The summed E-state index contributed by atoms with van der Waals surface area (Å²) in [5.41, 5.74) is 5.72. The summed E-state index contributed by atoms with van der Waals surface area (Å²) in [6.45, 7) is 0.793. The maximum Gasteiger partial charge on any atom is 0.358 e. The Morgan fingerprint density at radius 1 is 1.43 bits per heavy atom. The average Bonchev–Trinajstić information content (AvgIpc) is 2.37. The number of nitrogens with zero attached hydrogens (tertiary/aromatic N) is 2. The van der Waals surface area contributed by atoms with Crippen LogP contribution >= 0.6 is 0 Å². The summed E-state index contributed by atoms with van der Waals surface area (Å²) in [6, 6.07) is 0. The van der Waals surface area contributed by atoms with Crippen LogP contribution in [0.2, 0.25) is 0 Å². The second-order valence-electron chi connectivity index (χ2n) is 3.53. The van der Waals surface area contributed by atoms with Crippen molar-refractivity contribution in [2.75, 3.05) is 5.73 Å². The van der Waals surface area contributed by atoms with Crippen LogP contribution in [0.15, 0.2) is 0 Å². The summed E-state index contributed by atoms with van der Waals surface area (Å²) in [6.07, 6.45) is 4.10. The number of nitrogen functional groups attached to an aromatic ring is 1. The monoisotopic (exact) mass is 195 g/mol. The van der Waals surface area contributed by atoms with Crippen LogP contribution in [0.1, 0.15) is 35.6 Å². The zero-order valence-corrected chi connectivity index (χ0v) is 7.86. The number of carboxylic acids is 1. The highest BCUT2D eigenvalue weighted by Crippen LogP contribution is 2.20. The van der Waals surface area contributed by atoms with Crippen LogP contribution in [-0.4, -0.2) is 20.6 Å². The van der Waals surface area contributed by atoms with E-state index in [9.17, 15) is 4.79 Å². The number of aryl methyl sites for hydroxylation is 1. The summed E-state index contributed by atoms with van der Waals surface area (Å²) in [7, 11) is 0. The minimum absolute atomic E-state index is 0.00176. The molecular weight excluding hydrogens is 182 g/mol. The Balaban J connectivity index is 2.45. The zero-order valence-electron chi connectivity index (χ0n) is 7.86. The van der Waals surface area contributed by atoms with E-state index in [4.69, 9.17) is 10.8 Å². The van der Waals surface area contributed by atoms with Gasteiger partial charge in [-0.25, -0.2) is 9.78 Å². The van der Waals surface area contributed by atoms with Gasteiger partial charge in [0, 0.05) is 13.0 Å². The number of aromatic carboxylic acids is 1. The van der Waals surface area contributed by atoms with Gasteiger partial charge >= 0.3 is 5.97 Å². The second kappa shape index (κ2) is 3.32. The first kappa shape index (κ1) is 9.05. The number of carboxylic acid groups (broad SMARTS) is 1. The van der Waals surface area contributed by atoms with Gasteiger partial charge in [-0.05, 0) is 12.8 Å². The molecule has 1 aliphatic rings. The number of rotatable bonds is 1. The molecule has 1 aromatic heterocycles. The molecule has 0 aromatic carbocycles. The SMILES string of the molecule is Nc1c(C(=O)O)nc2n1CCCCC2. The molecule has 0 saturated heterocycles. The smallest absolute Gasteiger partial charge is 0.358 e. The van der Waals surface area contributed by atoms with E-state index in [0.717, 1.165) is 38.1 Å². The molecule has 5 heteroatoms. The lowest BCUT2D eigenvalue weighted by Gasteiger charge is -2.03. The highest BCUT2D eigenvalue weighted by Gasteiger charge is 2.20. The fourth-order valence-electron chi connectivity index (χ4n) is 1.84. The summed E-state index contributed by atoms with van der Waals surface area (Å²) < 4.78 is 1.83. The van der Waals surface area contributed by atoms with Gasteiger partial charge in [0.05, 0.1) is 0 Å². The number of carbonyl (C=O) groups is 1. The lowest BCUT2D eigenvalue weighted by atomic mass is 10.2. The van der Waals surface area contributed by atoms with Crippen LogP contribution in [0.5, 0.6) is 0 Å². The number of aromatic nitrogens is 2. The summed E-state index contributed by atoms with van der Waals surface area (Å²) >= 11 is 0. The number of hydrogen-bond acceptors (Lipinski definition) is 3. The molecule has 0 saturated carbocycles. The van der Waals surface area contributed by atoms with E-state index >= 15 is 0 Å². The average molecular weight is 195 g/mol. The van der Waals surface area contributed by atoms with Gasteiger partial charge in [0.15, 0.2) is 5.69 Å². The van der Waals surface area contributed by atoms with Crippen molar-refractivity contribution in [3.8, 4) is 0 Å². The lowest BCUT2D eigenvalue weighted by molar-refractivity contribution is 0.0692. The van der Waals surface area contributed by atoms with Gasteiger partial charge in [-0.3, -0.25) is 0 Å². The van der Waals surface area contributed by atoms with Crippen molar-refractivity contribution in [1.29, 1.82) is 0 Å². The van der Waals surface area contributed by atoms with Crippen LogP contribution in [0, 0.1) is 0 Å². The van der Waals surface area contributed by atoms with Crippen molar-refractivity contribution in [2.24, 2.45) is 0 Å². The fourth-order valence-corrected chi connectivity index (χ4v) is 1.84. The molecular formula is C9H13N3O2. The maximum atomic E-state index is 10.8. The van der Waals surface area contributed by atoms with Crippen molar-refractivity contribution in [3.05, 3.63) is 11.5 Å². The topological polar surface area (TPSA) is 81.1 Å². The number of imidazole rings is 1. The van der Waals surface area contributed by atoms with E-state index in [1.54, 1.807) is 0 Å². The minimum atomic E-state index is -1.04. The molecule has 0 bridgehead atoms. The molecule has 0 amide bonds. The van der Waals surface area contributed by atoms with Gasteiger partial charge in [0.2, 0.25) is 0 Å². The lowest BCUT2D eigenvalue weighted by Crippen LogP contribution is -2.07. The van der Waals surface area contributed by atoms with Crippen molar-refractivity contribution >= 4 is 11.8 Å². The normalized spacial score (nSPS) is 16.0. The number of nitrogens with two attached hydrogens (primary N) is 1. The van der Waals surface area contributed by atoms with Crippen molar-refractivity contribution in [2.45, 2.75) is 32.2 Å². The van der Waals surface area contributed by atoms with Gasteiger partial charge in [-0.15, -0.1) is 0 Å². The fraction of sp³-hybridized carbons (Fsp3) is 0.556. The van der Waals surface area contributed by atoms with E-state index < -0.39 is 5.97 Å². The van der Waals surface area contributed by atoms with Gasteiger partial charge in [-0.1, -0.05) is 6.42 Å². The molecule has 0 spiro atoms. The number of fused-ring (bicyclic) bond motifs is 1. The molecule has 1 aromatic rings. The standard InChI is InChI=1S/C9H13N3O2/c10-8-7(9(13)14)11-6-4-2-1-3-5-12(6)8/h1-5,10H2,(H,13,14). The molecule has 76 valence electrons. The van der Waals surface area contributed by atoms with E-state index in [1.807, 2.05) is 4.57 Å². The van der Waals surface area contributed by atoms with E-state index in [2.05, 4.69) is 4.98 Å². The van der Waals surface area contributed by atoms with Crippen molar-refractivity contribution < 1.29 is 9.90 Å². The van der Waals surface area contributed by atoms with Crippen LogP contribution in [0.4, 0.5) is 5.82 Å². The van der Waals surface area contributed by atoms with Crippen molar-refractivity contribution in [1.82, 2.24) is 9.55 Å². The molecule has 14 heavy (non-hydrogen) atoms. The van der Waals surface area contributed by atoms with Crippen LogP contribution < -0.4 is 5.73 Å². The largest absolute Gasteiger partial charge is 0.476 e. The summed E-state index contributed by atoms with van der Waals surface area (Å²) in [5.74, 6) is 0.0786. The Morgan fingerprint density at radius 2 is 2.21 bits per heavy atom. The van der Waals surface area contributed by atoms with E-state index in [0.29, 0.717) is 5.82 Å². The highest BCUT2D eigenvalue weighted by atomic mass is 16.4. The van der Waals surface area contributed by atoms with E-state index in [-0.39, 0.29) is 5.69 Å². The first-order valence-corrected chi connectivity index (χ1v) is 4.78. The zero-order chi connectivity index (χ0) is 10.1. The Hall–Kier alpha value is -1.52. The predicted octanol–water partition coefficient (Wildman–Crippen LogP) is 0.890. The van der Waals surface area contributed by atoms with Gasteiger partial charge in [0.25, 0.3) is 0 Å².